The molecule has 0 aromatic heterocycles. The number of nitrogens with one attached hydrogen (secondary N) is 1. The lowest BCUT2D eigenvalue weighted by molar-refractivity contribution is -0.124. The Balaban J connectivity index is 2.35. The number of nitrogens with zero attached hydrogens (tertiary/aromatic N) is 1. The monoisotopic (exact) mass is 263 g/mol. The van der Waals surface area contributed by atoms with E-state index < -0.39 is 0 Å². The van der Waals surface area contributed by atoms with E-state index in [0.717, 1.165) is 18.5 Å². The van der Waals surface area contributed by atoms with E-state index in [9.17, 15) is 4.79 Å². The Morgan fingerprint density at radius 2 is 2.00 bits per heavy atom. The predicted octanol–water partition coefficient (Wildman–Crippen LogP) is 0.872. The molecule has 0 saturated carbocycles. The second kappa shape index (κ2) is 8.67. The molecular formula is C15H25N3O. The van der Waals surface area contributed by atoms with Crippen LogP contribution in [0.25, 0.3) is 0 Å². The molecule has 0 aliphatic heterocycles. The zero-order valence-electron chi connectivity index (χ0n) is 11.9. The number of rotatable bonds is 8. The summed E-state index contributed by atoms with van der Waals surface area (Å²) in [6, 6.07) is 10.0. The number of amides is 1. The van der Waals surface area contributed by atoms with Gasteiger partial charge < -0.3 is 16.0 Å². The van der Waals surface area contributed by atoms with Crippen LogP contribution in [-0.2, 0) is 11.2 Å². The summed E-state index contributed by atoms with van der Waals surface area (Å²) < 4.78 is 0. The SMILES string of the molecule is CN(C)CCCNC(=O)C(CN)Cc1ccccc1. The van der Waals surface area contributed by atoms with Crippen LogP contribution in [0.1, 0.15) is 12.0 Å². The minimum atomic E-state index is -0.137. The van der Waals surface area contributed by atoms with Crippen molar-refractivity contribution in [3.8, 4) is 0 Å². The van der Waals surface area contributed by atoms with Crippen molar-refractivity contribution in [1.82, 2.24) is 10.2 Å². The number of hydrogen-bond acceptors (Lipinski definition) is 3. The fourth-order valence-electron chi connectivity index (χ4n) is 1.93. The minimum Gasteiger partial charge on any atom is -0.356 e. The Hall–Kier alpha value is -1.39. The fourth-order valence-corrected chi connectivity index (χ4v) is 1.93. The van der Waals surface area contributed by atoms with Gasteiger partial charge in [0.1, 0.15) is 0 Å². The molecule has 0 spiro atoms. The molecule has 1 atom stereocenters. The highest BCUT2D eigenvalue weighted by Gasteiger charge is 2.16. The standard InChI is InChI=1S/C15H25N3O/c1-18(2)10-6-9-17-15(19)14(12-16)11-13-7-4-3-5-8-13/h3-5,7-8,14H,6,9-12,16H2,1-2H3,(H,17,19). The van der Waals surface area contributed by atoms with E-state index in [4.69, 9.17) is 5.73 Å². The van der Waals surface area contributed by atoms with Gasteiger partial charge in [0.05, 0.1) is 5.92 Å². The lowest BCUT2D eigenvalue weighted by Crippen LogP contribution is -2.37. The fraction of sp³-hybridized carbons (Fsp3) is 0.533. The Labute approximate surface area is 116 Å². The first-order valence-electron chi connectivity index (χ1n) is 6.80. The van der Waals surface area contributed by atoms with Crippen molar-refractivity contribution in [3.63, 3.8) is 0 Å². The number of carbonyl (C=O) groups excluding carboxylic acids is 1. The van der Waals surface area contributed by atoms with Gasteiger partial charge in [0.2, 0.25) is 5.91 Å². The molecule has 1 rings (SSSR count). The first-order valence-corrected chi connectivity index (χ1v) is 6.80. The number of benzene rings is 1. The molecule has 1 amide bonds. The third-order valence-electron chi connectivity index (χ3n) is 3.06. The van der Waals surface area contributed by atoms with Gasteiger partial charge in [0.25, 0.3) is 0 Å². The molecule has 0 aliphatic rings. The van der Waals surface area contributed by atoms with Gasteiger partial charge in [-0.1, -0.05) is 30.3 Å². The van der Waals surface area contributed by atoms with Crippen molar-refractivity contribution in [2.75, 3.05) is 33.7 Å². The molecule has 4 heteroatoms. The summed E-state index contributed by atoms with van der Waals surface area (Å²) in [6.45, 7) is 2.07. The largest absolute Gasteiger partial charge is 0.356 e. The van der Waals surface area contributed by atoms with Gasteiger partial charge in [0, 0.05) is 13.1 Å². The van der Waals surface area contributed by atoms with Gasteiger partial charge in [-0.25, -0.2) is 0 Å². The zero-order chi connectivity index (χ0) is 14.1. The summed E-state index contributed by atoms with van der Waals surface area (Å²) in [4.78, 5) is 14.1. The molecule has 0 radical (unpaired) electrons. The number of carbonyl (C=O) groups is 1. The van der Waals surface area contributed by atoms with Gasteiger partial charge in [0.15, 0.2) is 0 Å². The molecular weight excluding hydrogens is 238 g/mol. The van der Waals surface area contributed by atoms with E-state index >= 15 is 0 Å². The predicted molar refractivity (Wildman–Crippen MR) is 78.9 cm³/mol. The Bertz CT molecular complexity index is 365. The average Bonchev–Trinajstić information content (AvgIpc) is 2.41. The van der Waals surface area contributed by atoms with Crippen molar-refractivity contribution < 1.29 is 4.79 Å². The normalized spacial score (nSPS) is 12.4. The Kier molecular flexibility index (Phi) is 7.15. The lowest BCUT2D eigenvalue weighted by Gasteiger charge is -2.15. The summed E-state index contributed by atoms with van der Waals surface area (Å²) in [5, 5.41) is 2.96. The van der Waals surface area contributed by atoms with Crippen LogP contribution in [-0.4, -0.2) is 44.5 Å². The second-order valence-electron chi connectivity index (χ2n) is 5.07. The van der Waals surface area contributed by atoms with Crippen molar-refractivity contribution >= 4 is 5.91 Å². The number of hydrogen-bond donors (Lipinski definition) is 2. The summed E-state index contributed by atoms with van der Waals surface area (Å²) >= 11 is 0. The van der Waals surface area contributed by atoms with Crippen LogP contribution in [0, 0.1) is 5.92 Å². The van der Waals surface area contributed by atoms with Crippen molar-refractivity contribution in [2.45, 2.75) is 12.8 Å². The summed E-state index contributed by atoms with van der Waals surface area (Å²) in [7, 11) is 4.06. The Morgan fingerprint density at radius 1 is 1.32 bits per heavy atom. The lowest BCUT2D eigenvalue weighted by atomic mass is 9.98. The summed E-state index contributed by atoms with van der Waals surface area (Å²) in [5.74, 6) is -0.0770. The molecule has 1 unspecified atom stereocenters. The van der Waals surface area contributed by atoms with Crippen LogP contribution in [0.2, 0.25) is 0 Å². The number of nitrogens with two attached hydrogens (primary N) is 1. The highest BCUT2D eigenvalue weighted by Crippen LogP contribution is 2.07. The van der Waals surface area contributed by atoms with Gasteiger partial charge in [-0.2, -0.15) is 0 Å². The summed E-state index contributed by atoms with van der Waals surface area (Å²) in [6.07, 6.45) is 1.66. The van der Waals surface area contributed by atoms with E-state index in [2.05, 4.69) is 10.2 Å². The van der Waals surface area contributed by atoms with Crippen LogP contribution in [0.5, 0.6) is 0 Å². The topological polar surface area (TPSA) is 58.4 Å². The maximum absolute atomic E-state index is 12.0. The highest BCUT2D eigenvalue weighted by molar-refractivity contribution is 5.79. The van der Waals surface area contributed by atoms with Crippen LogP contribution >= 0.6 is 0 Å². The van der Waals surface area contributed by atoms with Crippen molar-refractivity contribution in [3.05, 3.63) is 35.9 Å². The second-order valence-corrected chi connectivity index (χ2v) is 5.07. The molecule has 1 aromatic carbocycles. The van der Waals surface area contributed by atoms with Crippen molar-refractivity contribution in [1.29, 1.82) is 0 Å². The third kappa shape index (κ3) is 6.36. The highest BCUT2D eigenvalue weighted by atomic mass is 16.1. The molecule has 0 fully saturated rings. The molecule has 0 heterocycles. The minimum absolute atomic E-state index is 0.0603. The van der Waals surface area contributed by atoms with Crippen LogP contribution in [0.3, 0.4) is 0 Å². The van der Waals surface area contributed by atoms with E-state index in [1.807, 2.05) is 44.4 Å². The van der Waals surface area contributed by atoms with E-state index in [-0.39, 0.29) is 11.8 Å². The summed E-state index contributed by atoms with van der Waals surface area (Å²) in [5.41, 5.74) is 6.86. The van der Waals surface area contributed by atoms with Gasteiger partial charge in [-0.15, -0.1) is 0 Å². The van der Waals surface area contributed by atoms with Crippen LogP contribution in [0.15, 0.2) is 30.3 Å². The smallest absolute Gasteiger partial charge is 0.224 e. The molecule has 4 nitrogen and oxygen atoms in total. The van der Waals surface area contributed by atoms with Crippen molar-refractivity contribution in [2.24, 2.45) is 11.7 Å². The Morgan fingerprint density at radius 3 is 2.58 bits per heavy atom. The maximum atomic E-state index is 12.0. The quantitative estimate of drug-likeness (QED) is 0.684. The third-order valence-corrected chi connectivity index (χ3v) is 3.06. The van der Waals surface area contributed by atoms with Crippen LogP contribution < -0.4 is 11.1 Å². The maximum Gasteiger partial charge on any atom is 0.224 e. The first-order chi connectivity index (χ1) is 9.13. The molecule has 1 aromatic rings. The molecule has 0 bridgehead atoms. The van der Waals surface area contributed by atoms with E-state index in [1.165, 1.54) is 0 Å². The van der Waals surface area contributed by atoms with Gasteiger partial charge in [-0.3, -0.25) is 4.79 Å². The van der Waals surface area contributed by atoms with Gasteiger partial charge in [-0.05, 0) is 39.0 Å². The average molecular weight is 263 g/mol. The van der Waals surface area contributed by atoms with Gasteiger partial charge >= 0.3 is 0 Å². The molecule has 19 heavy (non-hydrogen) atoms. The molecule has 0 saturated heterocycles. The first kappa shape index (κ1) is 15.7. The molecule has 106 valence electrons. The van der Waals surface area contributed by atoms with E-state index in [0.29, 0.717) is 19.5 Å². The molecule has 3 N–H and O–H groups in total. The zero-order valence-corrected chi connectivity index (χ0v) is 11.9. The van der Waals surface area contributed by atoms with Crippen LogP contribution in [0.4, 0.5) is 0 Å². The van der Waals surface area contributed by atoms with E-state index in [1.54, 1.807) is 0 Å². The molecule has 0 aliphatic carbocycles.